The number of benzene rings is 2. The van der Waals surface area contributed by atoms with E-state index >= 15 is 0 Å². The van der Waals surface area contributed by atoms with E-state index in [2.05, 4.69) is 5.32 Å². The number of amides is 2. The average molecular weight is 383 g/mol. The average Bonchev–Trinajstić information content (AvgIpc) is 2.59. The van der Waals surface area contributed by atoms with Gasteiger partial charge in [-0.1, -0.05) is 30.3 Å². The fourth-order valence-electron chi connectivity index (χ4n) is 2.44. The zero-order valence-corrected chi connectivity index (χ0v) is 15.1. The second kappa shape index (κ2) is 8.85. The van der Waals surface area contributed by atoms with Crippen molar-refractivity contribution in [3.63, 3.8) is 0 Å². The van der Waals surface area contributed by atoms with E-state index in [1.165, 1.54) is 41.3 Å². The van der Waals surface area contributed by atoms with Gasteiger partial charge in [0.15, 0.2) is 0 Å². The van der Waals surface area contributed by atoms with Crippen LogP contribution in [-0.4, -0.2) is 43.0 Å². The summed E-state index contributed by atoms with van der Waals surface area (Å²) < 4.78 is 53.3. The summed E-state index contributed by atoms with van der Waals surface area (Å²) in [5.74, 6) is -0.476. The van der Waals surface area contributed by atoms with Gasteiger partial charge in [-0.3, -0.25) is 0 Å². The van der Waals surface area contributed by atoms with Crippen molar-refractivity contribution in [1.29, 1.82) is 0 Å². The molecule has 2 rings (SSSR count). The van der Waals surface area contributed by atoms with E-state index in [-0.39, 0.29) is 24.3 Å². The molecule has 27 heavy (non-hydrogen) atoms. The van der Waals surface area contributed by atoms with Gasteiger partial charge in [0.05, 0.1) is 17.8 Å². The number of hydrogen-bond donors (Lipinski definition) is 1. The van der Waals surface area contributed by atoms with Crippen LogP contribution in [0.1, 0.15) is 11.1 Å². The van der Waals surface area contributed by atoms with Gasteiger partial charge >= 0.3 is 12.2 Å². The van der Waals surface area contributed by atoms with Crippen LogP contribution < -0.4 is 5.32 Å². The molecule has 146 valence electrons. The lowest BCUT2D eigenvalue weighted by Crippen LogP contribution is -2.39. The highest BCUT2D eigenvalue weighted by Gasteiger charge is 2.34. The van der Waals surface area contributed by atoms with Gasteiger partial charge in [-0.25, -0.2) is 9.18 Å². The number of nitrogens with one attached hydrogen (secondary N) is 1. The van der Waals surface area contributed by atoms with Gasteiger partial charge in [0.2, 0.25) is 0 Å². The predicted octanol–water partition coefficient (Wildman–Crippen LogP) is 4.44. The number of halogens is 4. The Morgan fingerprint density at radius 1 is 1.00 bits per heavy atom. The first-order chi connectivity index (χ1) is 12.7. The number of hydrogen-bond acceptors (Lipinski definition) is 2. The van der Waals surface area contributed by atoms with Crippen LogP contribution >= 0.6 is 0 Å². The third kappa shape index (κ3) is 5.96. The lowest BCUT2D eigenvalue weighted by atomic mass is 10.1. The normalized spacial score (nSPS) is 11.5. The van der Waals surface area contributed by atoms with Crippen LogP contribution in [0.15, 0.2) is 48.5 Å². The van der Waals surface area contributed by atoms with E-state index in [4.69, 9.17) is 0 Å². The van der Waals surface area contributed by atoms with Crippen LogP contribution in [0.5, 0.6) is 0 Å². The summed E-state index contributed by atoms with van der Waals surface area (Å²) in [6, 6.07) is 10.0. The molecule has 2 amide bonds. The van der Waals surface area contributed by atoms with E-state index in [0.29, 0.717) is 6.54 Å². The summed E-state index contributed by atoms with van der Waals surface area (Å²) in [5.41, 5.74) is -0.981. The molecular formula is C19H21F4N3O. The smallest absolute Gasteiger partial charge is 0.319 e. The molecular weight excluding hydrogens is 362 g/mol. The summed E-state index contributed by atoms with van der Waals surface area (Å²) in [6.45, 7) is 0.644. The number of likely N-dealkylation sites (N-methyl/N-ethyl adjacent to an activating group) is 1. The second-order valence-electron chi connectivity index (χ2n) is 6.29. The SMILES string of the molecule is CN(C)CCN(Cc1ccccc1F)C(=O)Nc1ccccc1C(F)(F)F. The van der Waals surface area contributed by atoms with Crippen LogP contribution in [0.3, 0.4) is 0 Å². The first-order valence-electron chi connectivity index (χ1n) is 8.29. The monoisotopic (exact) mass is 383 g/mol. The number of nitrogens with zero attached hydrogens (tertiary/aromatic N) is 2. The van der Waals surface area contributed by atoms with Crippen LogP contribution in [0.4, 0.5) is 28.0 Å². The summed E-state index contributed by atoms with van der Waals surface area (Å²) >= 11 is 0. The fraction of sp³-hybridized carbons (Fsp3) is 0.316. The van der Waals surface area contributed by atoms with Crippen molar-refractivity contribution < 1.29 is 22.4 Å². The highest BCUT2D eigenvalue weighted by molar-refractivity contribution is 5.90. The molecule has 0 bridgehead atoms. The summed E-state index contributed by atoms with van der Waals surface area (Å²) in [5, 5.41) is 2.31. The Morgan fingerprint density at radius 3 is 2.26 bits per heavy atom. The van der Waals surface area contributed by atoms with Gasteiger partial charge in [-0.05, 0) is 32.3 Å². The number of urea groups is 1. The molecule has 0 radical (unpaired) electrons. The molecule has 0 aliphatic carbocycles. The molecule has 0 unspecified atom stereocenters. The molecule has 8 heteroatoms. The molecule has 0 aliphatic rings. The molecule has 0 saturated heterocycles. The Morgan fingerprint density at radius 2 is 1.63 bits per heavy atom. The second-order valence-corrected chi connectivity index (χ2v) is 6.29. The zero-order valence-electron chi connectivity index (χ0n) is 15.1. The number of alkyl halides is 3. The van der Waals surface area contributed by atoms with E-state index in [1.54, 1.807) is 20.2 Å². The van der Waals surface area contributed by atoms with E-state index in [0.717, 1.165) is 6.07 Å². The molecule has 0 saturated carbocycles. The number of para-hydroxylation sites is 1. The molecule has 0 aromatic heterocycles. The maximum Gasteiger partial charge on any atom is 0.418 e. The first-order valence-corrected chi connectivity index (χ1v) is 8.29. The topological polar surface area (TPSA) is 35.6 Å². The Kier molecular flexibility index (Phi) is 6.79. The van der Waals surface area contributed by atoms with Gasteiger partial charge in [0.1, 0.15) is 5.82 Å². The zero-order chi connectivity index (χ0) is 20.0. The fourth-order valence-corrected chi connectivity index (χ4v) is 2.44. The third-order valence-electron chi connectivity index (χ3n) is 3.90. The predicted molar refractivity (Wildman–Crippen MR) is 95.8 cm³/mol. The molecule has 0 atom stereocenters. The van der Waals surface area contributed by atoms with Gasteiger partial charge in [0.25, 0.3) is 0 Å². The highest BCUT2D eigenvalue weighted by Crippen LogP contribution is 2.34. The molecule has 0 aliphatic heterocycles. The minimum absolute atomic E-state index is 0.0550. The van der Waals surface area contributed by atoms with E-state index in [9.17, 15) is 22.4 Å². The number of anilines is 1. The highest BCUT2D eigenvalue weighted by atomic mass is 19.4. The van der Waals surface area contributed by atoms with Crippen LogP contribution in [0.25, 0.3) is 0 Å². The maximum atomic E-state index is 13.9. The Labute approximate surface area is 155 Å². The number of carbonyl (C=O) groups excluding carboxylic acids is 1. The largest absolute Gasteiger partial charge is 0.418 e. The van der Waals surface area contributed by atoms with E-state index < -0.39 is 23.6 Å². The van der Waals surface area contributed by atoms with Crippen molar-refractivity contribution in [1.82, 2.24) is 9.80 Å². The Hall–Kier alpha value is -2.61. The van der Waals surface area contributed by atoms with Gasteiger partial charge in [-0.2, -0.15) is 13.2 Å². The molecule has 0 heterocycles. The molecule has 2 aromatic rings. The standard InChI is InChI=1S/C19H21F4N3O/c1-25(2)11-12-26(13-14-7-3-5-9-16(14)20)18(27)24-17-10-6-4-8-15(17)19(21,22)23/h3-10H,11-13H2,1-2H3,(H,24,27). The van der Waals surface area contributed by atoms with Gasteiger partial charge in [0, 0.05) is 18.7 Å². The molecule has 4 nitrogen and oxygen atoms in total. The Balaban J connectivity index is 2.23. The minimum Gasteiger partial charge on any atom is -0.319 e. The van der Waals surface area contributed by atoms with E-state index in [1.807, 2.05) is 4.90 Å². The molecule has 1 N–H and O–H groups in total. The van der Waals surface area contributed by atoms with Crippen molar-refractivity contribution in [2.24, 2.45) is 0 Å². The quantitative estimate of drug-likeness (QED) is 0.749. The van der Waals surface area contributed by atoms with Crippen molar-refractivity contribution in [2.45, 2.75) is 12.7 Å². The van der Waals surface area contributed by atoms with Crippen molar-refractivity contribution in [2.75, 3.05) is 32.5 Å². The number of rotatable bonds is 6. The van der Waals surface area contributed by atoms with Crippen molar-refractivity contribution >= 4 is 11.7 Å². The molecule has 0 fully saturated rings. The van der Waals surface area contributed by atoms with Crippen LogP contribution in [0, 0.1) is 5.82 Å². The first kappa shape index (κ1) is 20.7. The summed E-state index contributed by atoms with van der Waals surface area (Å²) in [4.78, 5) is 15.7. The lowest BCUT2D eigenvalue weighted by molar-refractivity contribution is -0.136. The van der Waals surface area contributed by atoms with Crippen LogP contribution in [0.2, 0.25) is 0 Å². The third-order valence-corrected chi connectivity index (χ3v) is 3.90. The van der Waals surface area contributed by atoms with Gasteiger partial charge < -0.3 is 15.1 Å². The minimum atomic E-state index is -4.59. The van der Waals surface area contributed by atoms with Crippen molar-refractivity contribution in [3.05, 3.63) is 65.5 Å². The van der Waals surface area contributed by atoms with Crippen LogP contribution in [-0.2, 0) is 12.7 Å². The Bertz CT molecular complexity index is 778. The summed E-state index contributed by atoms with van der Waals surface area (Å²) in [6.07, 6.45) is -4.59. The van der Waals surface area contributed by atoms with Gasteiger partial charge in [-0.15, -0.1) is 0 Å². The maximum absolute atomic E-state index is 13.9. The molecule has 2 aromatic carbocycles. The molecule has 0 spiro atoms. The summed E-state index contributed by atoms with van der Waals surface area (Å²) in [7, 11) is 3.61. The lowest BCUT2D eigenvalue weighted by Gasteiger charge is -2.25. The van der Waals surface area contributed by atoms with Crippen molar-refractivity contribution in [3.8, 4) is 0 Å². The number of carbonyl (C=O) groups is 1.